The molecule has 1 aromatic rings. The van der Waals surface area contributed by atoms with Crippen molar-refractivity contribution in [2.45, 2.75) is 32.2 Å². The number of hydrogen-bond acceptors (Lipinski definition) is 3. The minimum atomic E-state index is -0.227. The lowest BCUT2D eigenvalue weighted by atomic mass is 10.1. The van der Waals surface area contributed by atoms with Gasteiger partial charge in [0.05, 0.1) is 5.69 Å². The molecular formula is C14H23FN2O. The Hall–Kier alpha value is -1.13. The van der Waals surface area contributed by atoms with E-state index in [1.165, 1.54) is 6.07 Å². The Labute approximate surface area is 108 Å². The van der Waals surface area contributed by atoms with Crippen molar-refractivity contribution in [1.82, 2.24) is 0 Å². The van der Waals surface area contributed by atoms with Crippen LogP contribution in [0.5, 0.6) is 0 Å². The third-order valence-corrected chi connectivity index (χ3v) is 3.04. The number of hydrogen-bond donors (Lipinski definition) is 2. The molecule has 4 heteroatoms. The first-order valence-corrected chi connectivity index (χ1v) is 6.44. The Kier molecular flexibility index (Phi) is 6.09. The third-order valence-electron chi connectivity index (χ3n) is 3.04. The zero-order valence-corrected chi connectivity index (χ0v) is 11.2. The molecular weight excluding hydrogens is 231 g/mol. The zero-order chi connectivity index (χ0) is 13.5. The summed E-state index contributed by atoms with van der Waals surface area (Å²) < 4.78 is 13.9. The lowest BCUT2D eigenvalue weighted by Gasteiger charge is -2.24. The average Bonchev–Trinajstić information content (AvgIpc) is 2.34. The van der Waals surface area contributed by atoms with Crippen LogP contribution >= 0.6 is 0 Å². The van der Waals surface area contributed by atoms with Crippen molar-refractivity contribution in [2.24, 2.45) is 5.73 Å². The van der Waals surface area contributed by atoms with Crippen LogP contribution in [-0.4, -0.2) is 25.3 Å². The minimum absolute atomic E-state index is 0.185. The Morgan fingerprint density at radius 2 is 2.06 bits per heavy atom. The summed E-state index contributed by atoms with van der Waals surface area (Å²) >= 11 is 0. The third kappa shape index (κ3) is 3.96. The van der Waals surface area contributed by atoms with E-state index in [0.29, 0.717) is 5.69 Å². The molecule has 0 aliphatic heterocycles. The molecule has 0 unspecified atom stereocenters. The zero-order valence-electron chi connectivity index (χ0n) is 11.2. The monoisotopic (exact) mass is 254 g/mol. The van der Waals surface area contributed by atoms with E-state index in [2.05, 4.69) is 0 Å². The molecule has 0 saturated carbocycles. The molecule has 1 aromatic carbocycles. The van der Waals surface area contributed by atoms with E-state index in [-0.39, 0.29) is 18.5 Å². The molecule has 0 aliphatic carbocycles. The maximum atomic E-state index is 13.9. The molecule has 0 spiro atoms. The van der Waals surface area contributed by atoms with E-state index in [9.17, 15) is 4.39 Å². The number of unbranched alkanes of at least 4 members (excludes halogenated alkanes) is 2. The van der Waals surface area contributed by atoms with Gasteiger partial charge in [-0.1, -0.05) is 12.1 Å². The number of nitrogens with two attached hydrogens (primary N) is 1. The molecule has 0 aliphatic rings. The molecule has 1 rings (SSSR count). The van der Waals surface area contributed by atoms with Gasteiger partial charge in [-0.2, -0.15) is 0 Å². The molecule has 102 valence electrons. The normalized spacial score (nSPS) is 12.5. The first-order valence-electron chi connectivity index (χ1n) is 6.44. The van der Waals surface area contributed by atoms with Crippen molar-refractivity contribution < 1.29 is 9.50 Å². The van der Waals surface area contributed by atoms with Crippen molar-refractivity contribution in [1.29, 1.82) is 0 Å². The van der Waals surface area contributed by atoms with E-state index < -0.39 is 0 Å². The molecule has 3 N–H and O–H groups in total. The van der Waals surface area contributed by atoms with Crippen molar-refractivity contribution >= 4 is 5.69 Å². The molecule has 18 heavy (non-hydrogen) atoms. The van der Waals surface area contributed by atoms with Crippen molar-refractivity contribution in [3.05, 3.63) is 29.6 Å². The highest BCUT2D eigenvalue weighted by molar-refractivity contribution is 5.55. The Balaban J connectivity index is 2.74. The first-order chi connectivity index (χ1) is 8.57. The van der Waals surface area contributed by atoms with E-state index in [1.807, 2.05) is 24.9 Å². The maximum absolute atomic E-state index is 13.9. The van der Waals surface area contributed by atoms with Gasteiger partial charge >= 0.3 is 0 Å². The van der Waals surface area contributed by atoms with Crippen molar-refractivity contribution in [2.75, 3.05) is 25.1 Å². The van der Waals surface area contributed by atoms with Gasteiger partial charge in [0.2, 0.25) is 0 Å². The average molecular weight is 254 g/mol. The summed E-state index contributed by atoms with van der Waals surface area (Å²) in [4.78, 5) is 1.91. The maximum Gasteiger partial charge on any atom is 0.146 e. The van der Waals surface area contributed by atoms with Gasteiger partial charge in [0.25, 0.3) is 0 Å². The number of aliphatic hydroxyl groups excluding tert-OH is 1. The van der Waals surface area contributed by atoms with Gasteiger partial charge in [0, 0.05) is 26.2 Å². The Morgan fingerprint density at radius 3 is 2.67 bits per heavy atom. The molecule has 1 atom stereocenters. The van der Waals surface area contributed by atoms with Crippen molar-refractivity contribution in [3.8, 4) is 0 Å². The number of nitrogens with zero attached hydrogens (tertiary/aromatic N) is 1. The molecule has 0 saturated heterocycles. The van der Waals surface area contributed by atoms with Gasteiger partial charge in [0.15, 0.2) is 0 Å². The van der Waals surface area contributed by atoms with Gasteiger partial charge in [-0.3, -0.25) is 0 Å². The summed E-state index contributed by atoms with van der Waals surface area (Å²) in [5, 5.41) is 8.72. The minimum Gasteiger partial charge on any atom is -0.396 e. The van der Waals surface area contributed by atoms with Gasteiger partial charge in [-0.15, -0.1) is 0 Å². The second kappa shape index (κ2) is 7.34. The predicted molar refractivity (Wildman–Crippen MR) is 73.2 cm³/mol. The van der Waals surface area contributed by atoms with Gasteiger partial charge < -0.3 is 15.7 Å². The van der Waals surface area contributed by atoms with Crippen molar-refractivity contribution in [3.63, 3.8) is 0 Å². The smallest absolute Gasteiger partial charge is 0.146 e. The van der Waals surface area contributed by atoms with Gasteiger partial charge in [0.1, 0.15) is 5.82 Å². The largest absolute Gasteiger partial charge is 0.396 e. The second-order valence-corrected chi connectivity index (χ2v) is 4.67. The fourth-order valence-electron chi connectivity index (χ4n) is 2.05. The number of rotatable bonds is 7. The second-order valence-electron chi connectivity index (χ2n) is 4.67. The quantitative estimate of drug-likeness (QED) is 0.735. The molecule has 0 aromatic heterocycles. The van der Waals surface area contributed by atoms with Gasteiger partial charge in [-0.05, 0) is 37.8 Å². The number of aliphatic hydroxyl groups is 1. The standard InChI is InChI=1S/C14H23FN2O/c1-11(16)12-7-6-8-13(15)14(12)17(2)9-4-3-5-10-18/h6-8,11,18H,3-5,9-10,16H2,1-2H3/t11-/m1/s1. The highest BCUT2D eigenvalue weighted by atomic mass is 19.1. The highest BCUT2D eigenvalue weighted by Gasteiger charge is 2.14. The van der Waals surface area contributed by atoms with E-state index in [1.54, 1.807) is 6.07 Å². The number of anilines is 1. The van der Waals surface area contributed by atoms with Crippen LogP contribution in [-0.2, 0) is 0 Å². The Morgan fingerprint density at radius 1 is 1.33 bits per heavy atom. The summed E-state index contributed by atoms with van der Waals surface area (Å²) in [7, 11) is 1.88. The number of para-hydroxylation sites is 1. The van der Waals surface area contributed by atoms with Crippen LogP contribution in [0, 0.1) is 5.82 Å². The van der Waals surface area contributed by atoms with Gasteiger partial charge in [-0.25, -0.2) is 4.39 Å². The summed E-state index contributed by atoms with van der Waals surface area (Å²) in [6.45, 7) is 2.84. The highest BCUT2D eigenvalue weighted by Crippen LogP contribution is 2.27. The molecule has 3 nitrogen and oxygen atoms in total. The van der Waals surface area contributed by atoms with Crippen LogP contribution < -0.4 is 10.6 Å². The summed E-state index contributed by atoms with van der Waals surface area (Å²) in [6, 6.07) is 4.84. The summed E-state index contributed by atoms with van der Waals surface area (Å²) in [5.74, 6) is -0.227. The fraction of sp³-hybridized carbons (Fsp3) is 0.571. The molecule has 0 radical (unpaired) electrons. The van der Waals surface area contributed by atoms with Crippen LogP contribution in [0.4, 0.5) is 10.1 Å². The van der Waals surface area contributed by atoms with Crippen LogP contribution in [0.1, 0.15) is 37.8 Å². The van der Waals surface area contributed by atoms with E-state index in [4.69, 9.17) is 10.8 Å². The lowest BCUT2D eigenvalue weighted by Crippen LogP contribution is -2.23. The summed E-state index contributed by atoms with van der Waals surface area (Å²) in [5.41, 5.74) is 7.30. The number of halogens is 1. The Bertz CT molecular complexity index is 369. The predicted octanol–water partition coefficient (Wildman–Crippen LogP) is 2.44. The van der Waals surface area contributed by atoms with Crippen LogP contribution in [0.15, 0.2) is 18.2 Å². The van der Waals surface area contributed by atoms with E-state index >= 15 is 0 Å². The van der Waals surface area contributed by atoms with Crippen LogP contribution in [0.25, 0.3) is 0 Å². The molecule has 0 bridgehead atoms. The number of benzene rings is 1. The molecule has 0 amide bonds. The summed E-state index contributed by atoms with van der Waals surface area (Å²) in [6.07, 6.45) is 2.68. The lowest BCUT2D eigenvalue weighted by molar-refractivity contribution is 0.283. The molecule has 0 heterocycles. The fourth-order valence-corrected chi connectivity index (χ4v) is 2.05. The SMILES string of the molecule is C[C@@H](N)c1cccc(F)c1N(C)CCCCCO. The topological polar surface area (TPSA) is 49.5 Å². The van der Waals surface area contributed by atoms with Crippen LogP contribution in [0.2, 0.25) is 0 Å². The molecule has 0 fully saturated rings. The first kappa shape index (κ1) is 14.9. The van der Waals surface area contributed by atoms with E-state index in [0.717, 1.165) is 31.4 Å². The van der Waals surface area contributed by atoms with Crippen LogP contribution in [0.3, 0.4) is 0 Å².